The summed E-state index contributed by atoms with van der Waals surface area (Å²) in [6.45, 7) is 2.43. The minimum Gasteiger partial charge on any atom is -0.311 e. The van der Waals surface area contributed by atoms with E-state index in [4.69, 9.17) is 0 Å². The maximum absolute atomic E-state index is 3.89. The first kappa shape index (κ1) is 10.8. The molecule has 2 fully saturated rings. The average Bonchev–Trinajstić information content (AvgIpc) is 2.23. The monoisotopic (exact) mass is 213 g/mol. The molecule has 2 unspecified atom stereocenters. The van der Waals surface area contributed by atoms with E-state index in [-0.39, 0.29) is 0 Å². The van der Waals surface area contributed by atoms with Crippen LogP contribution in [0.2, 0.25) is 0 Å². The zero-order valence-corrected chi connectivity index (χ0v) is 10.1. The van der Waals surface area contributed by atoms with Gasteiger partial charge in [0, 0.05) is 12.1 Å². The van der Waals surface area contributed by atoms with E-state index < -0.39 is 0 Å². The fraction of sp³-hybridized carbons (Fsp3) is 1.00. The minimum atomic E-state index is 0.830. The third kappa shape index (κ3) is 2.90. The van der Waals surface area contributed by atoms with Crippen molar-refractivity contribution in [1.29, 1.82) is 0 Å². The van der Waals surface area contributed by atoms with Crippen molar-refractivity contribution >= 4 is 11.8 Å². The summed E-state index contributed by atoms with van der Waals surface area (Å²) in [4.78, 5) is 0. The summed E-state index contributed by atoms with van der Waals surface area (Å²) in [5.41, 5.74) is 0. The Hall–Kier alpha value is 0.310. The molecule has 0 amide bonds. The lowest BCUT2D eigenvalue weighted by Gasteiger charge is -2.34. The second-order valence-corrected chi connectivity index (χ2v) is 6.15. The lowest BCUT2D eigenvalue weighted by atomic mass is 9.85. The van der Waals surface area contributed by atoms with Gasteiger partial charge in [0.2, 0.25) is 0 Å². The predicted octanol–water partition coefficient (Wildman–Crippen LogP) is 3.05. The Bertz CT molecular complexity index is 166. The molecule has 1 saturated heterocycles. The molecular formula is C12H23NS. The number of hydrogen-bond acceptors (Lipinski definition) is 2. The molecule has 82 valence electrons. The van der Waals surface area contributed by atoms with Crippen LogP contribution in [0.25, 0.3) is 0 Å². The first-order valence-corrected chi connectivity index (χ1v) is 7.35. The first-order chi connectivity index (χ1) is 6.86. The van der Waals surface area contributed by atoms with Crippen molar-refractivity contribution in [2.45, 2.75) is 57.5 Å². The van der Waals surface area contributed by atoms with Gasteiger partial charge in [0.1, 0.15) is 0 Å². The summed E-state index contributed by atoms with van der Waals surface area (Å²) in [5, 5.41) is 3.89. The molecule has 2 rings (SSSR count). The van der Waals surface area contributed by atoms with Crippen LogP contribution < -0.4 is 5.32 Å². The van der Waals surface area contributed by atoms with Crippen LogP contribution in [0.3, 0.4) is 0 Å². The van der Waals surface area contributed by atoms with Crippen molar-refractivity contribution in [3.8, 4) is 0 Å². The molecule has 1 aliphatic heterocycles. The van der Waals surface area contributed by atoms with Gasteiger partial charge in [-0.25, -0.2) is 0 Å². The van der Waals surface area contributed by atoms with Crippen LogP contribution in [-0.4, -0.2) is 23.6 Å². The van der Waals surface area contributed by atoms with Gasteiger partial charge in [0.15, 0.2) is 0 Å². The molecule has 1 aliphatic carbocycles. The smallest absolute Gasteiger partial charge is 0.00952 e. The Labute approximate surface area is 92.4 Å². The SMILES string of the molecule is CC1CCCCC1NC1CCSCC1. The second kappa shape index (κ2) is 5.41. The van der Waals surface area contributed by atoms with Crippen molar-refractivity contribution in [1.82, 2.24) is 5.32 Å². The molecular weight excluding hydrogens is 190 g/mol. The van der Waals surface area contributed by atoms with E-state index in [1.165, 1.54) is 50.0 Å². The van der Waals surface area contributed by atoms with E-state index >= 15 is 0 Å². The van der Waals surface area contributed by atoms with Gasteiger partial charge in [-0.2, -0.15) is 11.8 Å². The van der Waals surface area contributed by atoms with Gasteiger partial charge in [-0.1, -0.05) is 19.8 Å². The van der Waals surface area contributed by atoms with E-state index in [0.717, 1.165) is 18.0 Å². The number of nitrogens with one attached hydrogen (secondary N) is 1. The Balaban J connectivity index is 1.76. The van der Waals surface area contributed by atoms with Crippen molar-refractivity contribution in [2.24, 2.45) is 5.92 Å². The summed E-state index contributed by atoms with van der Waals surface area (Å²) in [5.74, 6) is 3.66. The number of thioether (sulfide) groups is 1. The van der Waals surface area contributed by atoms with Crippen LogP contribution in [-0.2, 0) is 0 Å². The summed E-state index contributed by atoms with van der Waals surface area (Å²) in [7, 11) is 0. The maximum atomic E-state index is 3.89. The fourth-order valence-electron chi connectivity index (χ4n) is 2.73. The molecule has 1 heterocycles. The van der Waals surface area contributed by atoms with Gasteiger partial charge in [-0.05, 0) is 43.1 Å². The summed E-state index contributed by atoms with van der Waals surface area (Å²) < 4.78 is 0. The van der Waals surface area contributed by atoms with Crippen LogP contribution in [0.1, 0.15) is 45.4 Å². The van der Waals surface area contributed by atoms with E-state index in [1.807, 2.05) is 0 Å². The van der Waals surface area contributed by atoms with Crippen molar-refractivity contribution in [3.63, 3.8) is 0 Å². The number of rotatable bonds is 2. The standard InChI is InChI=1S/C12H23NS/c1-10-4-2-3-5-12(10)13-11-6-8-14-9-7-11/h10-13H,2-9H2,1H3. The van der Waals surface area contributed by atoms with Crippen molar-refractivity contribution < 1.29 is 0 Å². The maximum Gasteiger partial charge on any atom is 0.00952 e. The molecule has 0 aromatic carbocycles. The Morgan fingerprint density at radius 2 is 1.71 bits per heavy atom. The zero-order valence-electron chi connectivity index (χ0n) is 9.30. The molecule has 2 heteroatoms. The molecule has 0 aromatic rings. The molecule has 2 aliphatic rings. The molecule has 0 radical (unpaired) electrons. The van der Waals surface area contributed by atoms with E-state index in [1.54, 1.807) is 0 Å². The minimum absolute atomic E-state index is 0.830. The Morgan fingerprint density at radius 1 is 1.00 bits per heavy atom. The topological polar surface area (TPSA) is 12.0 Å². The van der Waals surface area contributed by atoms with Crippen LogP contribution in [0, 0.1) is 5.92 Å². The zero-order chi connectivity index (χ0) is 9.80. The first-order valence-electron chi connectivity index (χ1n) is 6.20. The average molecular weight is 213 g/mol. The van der Waals surface area contributed by atoms with Gasteiger partial charge in [0.25, 0.3) is 0 Å². The molecule has 0 bridgehead atoms. The van der Waals surface area contributed by atoms with Gasteiger partial charge in [-0.3, -0.25) is 0 Å². The molecule has 1 nitrogen and oxygen atoms in total. The highest BCUT2D eigenvalue weighted by atomic mass is 32.2. The van der Waals surface area contributed by atoms with E-state index in [0.29, 0.717) is 0 Å². The molecule has 14 heavy (non-hydrogen) atoms. The van der Waals surface area contributed by atoms with Crippen molar-refractivity contribution in [3.05, 3.63) is 0 Å². The fourth-order valence-corrected chi connectivity index (χ4v) is 3.84. The van der Waals surface area contributed by atoms with Crippen LogP contribution >= 0.6 is 11.8 Å². The highest BCUT2D eigenvalue weighted by molar-refractivity contribution is 7.99. The summed E-state index contributed by atoms with van der Waals surface area (Å²) in [6.07, 6.45) is 8.56. The van der Waals surface area contributed by atoms with Gasteiger partial charge < -0.3 is 5.32 Å². The molecule has 1 saturated carbocycles. The lowest BCUT2D eigenvalue weighted by molar-refractivity contribution is 0.252. The van der Waals surface area contributed by atoms with E-state index in [9.17, 15) is 0 Å². The second-order valence-electron chi connectivity index (χ2n) is 4.92. The Morgan fingerprint density at radius 3 is 2.43 bits per heavy atom. The molecule has 0 spiro atoms. The van der Waals surface area contributed by atoms with Crippen LogP contribution in [0.4, 0.5) is 0 Å². The third-order valence-corrected chi connectivity index (χ3v) is 4.83. The highest BCUT2D eigenvalue weighted by Crippen LogP contribution is 2.26. The summed E-state index contributed by atoms with van der Waals surface area (Å²) >= 11 is 2.12. The van der Waals surface area contributed by atoms with E-state index in [2.05, 4.69) is 24.0 Å². The quantitative estimate of drug-likeness (QED) is 0.756. The van der Waals surface area contributed by atoms with Gasteiger partial charge in [0.05, 0.1) is 0 Å². The lowest BCUT2D eigenvalue weighted by Crippen LogP contribution is -2.44. The van der Waals surface area contributed by atoms with Gasteiger partial charge in [-0.15, -0.1) is 0 Å². The predicted molar refractivity (Wildman–Crippen MR) is 64.9 cm³/mol. The summed E-state index contributed by atoms with van der Waals surface area (Å²) in [6, 6.07) is 1.67. The van der Waals surface area contributed by atoms with Crippen LogP contribution in [0.5, 0.6) is 0 Å². The normalized spacial score (nSPS) is 35.8. The number of hydrogen-bond donors (Lipinski definition) is 1. The molecule has 0 aromatic heterocycles. The molecule has 1 N–H and O–H groups in total. The van der Waals surface area contributed by atoms with Crippen LogP contribution in [0.15, 0.2) is 0 Å². The van der Waals surface area contributed by atoms with Gasteiger partial charge >= 0.3 is 0 Å². The molecule has 2 atom stereocenters. The van der Waals surface area contributed by atoms with Crippen molar-refractivity contribution in [2.75, 3.05) is 11.5 Å². The largest absolute Gasteiger partial charge is 0.311 e. The highest BCUT2D eigenvalue weighted by Gasteiger charge is 2.24. The third-order valence-electron chi connectivity index (χ3n) is 3.78. The Kier molecular flexibility index (Phi) is 4.18.